The van der Waals surface area contributed by atoms with Crippen LogP contribution >= 0.6 is 11.6 Å². The van der Waals surface area contributed by atoms with Crippen molar-refractivity contribution in [3.8, 4) is 17.1 Å². The molecule has 2 aromatic heterocycles. The third kappa shape index (κ3) is 1.90. The first-order valence-electron chi connectivity index (χ1n) is 5.38. The predicted molar refractivity (Wildman–Crippen MR) is 68.4 cm³/mol. The molecule has 1 aromatic carbocycles. The molecule has 0 unspecified atom stereocenters. The average molecular weight is 279 g/mol. The molecule has 96 valence electrons. The molecular formula is C12H8ClFN4O. The van der Waals surface area contributed by atoms with E-state index >= 15 is 0 Å². The Morgan fingerprint density at radius 1 is 1.32 bits per heavy atom. The number of fused-ring (bicyclic) bond motifs is 1. The summed E-state index contributed by atoms with van der Waals surface area (Å²) in [5.74, 6) is -0.787. The first kappa shape index (κ1) is 11.9. The van der Waals surface area contributed by atoms with Crippen molar-refractivity contribution in [1.29, 1.82) is 0 Å². The summed E-state index contributed by atoms with van der Waals surface area (Å²) in [6, 6.07) is 2.22. The zero-order valence-corrected chi connectivity index (χ0v) is 10.6. The second kappa shape index (κ2) is 4.17. The van der Waals surface area contributed by atoms with Gasteiger partial charge in [0.1, 0.15) is 17.1 Å². The molecule has 7 heteroatoms. The molecule has 5 nitrogen and oxygen atoms in total. The highest BCUT2D eigenvalue weighted by Gasteiger charge is 2.13. The van der Waals surface area contributed by atoms with Crippen molar-refractivity contribution in [2.75, 3.05) is 0 Å². The van der Waals surface area contributed by atoms with Gasteiger partial charge in [0, 0.05) is 13.1 Å². The summed E-state index contributed by atoms with van der Waals surface area (Å²) in [6.07, 6.45) is 3.16. The number of phenolic OH excluding ortho intramolecular Hbond substituents is 1. The van der Waals surface area contributed by atoms with Gasteiger partial charge in [0.2, 0.25) is 0 Å². The van der Waals surface area contributed by atoms with Crippen molar-refractivity contribution in [1.82, 2.24) is 19.5 Å². The van der Waals surface area contributed by atoms with Crippen LogP contribution in [0.25, 0.3) is 22.6 Å². The number of aromatic nitrogens is 4. The van der Waals surface area contributed by atoms with E-state index in [1.54, 1.807) is 17.1 Å². The lowest BCUT2D eigenvalue weighted by Gasteiger charge is -2.04. The first-order valence-corrected chi connectivity index (χ1v) is 5.76. The minimum atomic E-state index is -0.641. The fourth-order valence-electron chi connectivity index (χ4n) is 1.75. The van der Waals surface area contributed by atoms with Crippen LogP contribution in [0.2, 0.25) is 5.02 Å². The summed E-state index contributed by atoms with van der Waals surface area (Å²) in [6.45, 7) is 0. The van der Waals surface area contributed by atoms with Crippen LogP contribution in [0, 0.1) is 5.82 Å². The molecule has 0 aliphatic heterocycles. The molecule has 0 saturated carbocycles. The first-order chi connectivity index (χ1) is 9.06. The molecule has 1 N–H and O–H groups in total. The maximum atomic E-state index is 13.8. The van der Waals surface area contributed by atoms with Gasteiger partial charge in [0.15, 0.2) is 11.5 Å². The lowest BCUT2D eigenvalue weighted by atomic mass is 10.2. The van der Waals surface area contributed by atoms with E-state index in [4.69, 9.17) is 11.6 Å². The van der Waals surface area contributed by atoms with Gasteiger partial charge in [-0.05, 0) is 6.07 Å². The molecule has 0 spiro atoms. The fourth-order valence-corrected chi connectivity index (χ4v) is 1.91. The Hall–Kier alpha value is -2.21. The SMILES string of the molecule is Cn1cnc2nc(-c3cc(Cl)c(O)cc3F)ncc21. The van der Waals surface area contributed by atoms with E-state index in [0.29, 0.717) is 5.65 Å². The highest BCUT2D eigenvalue weighted by atomic mass is 35.5. The van der Waals surface area contributed by atoms with Crippen molar-refractivity contribution in [3.05, 3.63) is 35.5 Å². The van der Waals surface area contributed by atoms with Crippen molar-refractivity contribution < 1.29 is 9.50 Å². The van der Waals surface area contributed by atoms with Crippen molar-refractivity contribution in [3.63, 3.8) is 0 Å². The lowest BCUT2D eigenvalue weighted by molar-refractivity contribution is 0.469. The second-order valence-electron chi connectivity index (χ2n) is 4.04. The fraction of sp³-hybridized carbons (Fsp3) is 0.0833. The highest BCUT2D eigenvalue weighted by Crippen LogP contribution is 2.30. The third-order valence-corrected chi connectivity index (χ3v) is 3.06. The van der Waals surface area contributed by atoms with Gasteiger partial charge in [-0.1, -0.05) is 11.6 Å². The summed E-state index contributed by atoms with van der Waals surface area (Å²) in [7, 11) is 1.82. The van der Waals surface area contributed by atoms with Gasteiger partial charge >= 0.3 is 0 Å². The molecule has 0 aliphatic rings. The quantitative estimate of drug-likeness (QED) is 0.743. The smallest absolute Gasteiger partial charge is 0.181 e. The molecular weight excluding hydrogens is 271 g/mol. The van der Waals surface area contributed by atoms with Gasteiger partial charge in [0.25, 0.3) is 0 Å². The molecule has 3 rings (SSSR count). The Morgan fingerprint density at radius 2 is 2.11 bits per heavy atom. The van der Waals surface area contributed by atoms with Crippen LogP contribution in [0.4, 0.5) is 4.39 Å². The topological polar surface area (TPSA) is 63.8 Å². The van der Waals surface area contributed by atoms with E-state index in [1.165, 1.54) is 6.07 Å². The summed E-state index contributed by atoms with van der Waals surface area (Å²) >= 11 is 5.77. The van der Waals surface area contributed by atoms with Gasteiger partial charge < -0.3 is 9.67 Å². The third-order valence-electron chi connectivity index (χ3n) is 2.76. The normalized spacial score (nSPS) is 11.1. The van der Waals surface area contributed by atoms with Gasteiger partial charge in [-0.2, -0.15) is 0 Å². The molecule has 2 heterocycles. The minimum Gasteiger partial charge on any atom is -0.506 e. The van der Waals surface area contributed by atoms with Gasteiger partial charge in [-0.15, -0.1) is 0 Å². The summed E-state index contributed by atoms with van der Waals surface area (Å²) in [4.78, 5) is 12.3. The van der Waals surface area contributed by atoms with Crippen molar-refractivity contribution in [2.45, 2.75) is 0 Å². The Labute approximate surface area is 112 Å². The zero-order chi connectivity index (χ0) is 13.6. The number of benzene rings is 1. The van der Waals surface area contributed by atoms with Crippen LogP contribution < -0.4 is 0 Å². The van der Waals surface area contributed by atoms with Crippen LogP contribution in [0.15, 0.2) is 24.7 Å². The van der Waals surface area contributed by atoms with Crippen LogP contribution in [0.5, 0.6) is 5.75 Å². The Bertz CT molecular complexity index is 787. The molecule has 0 amide bonds. The van der Waals surface area contributed by atoms with E-state index in [-0.39, 0.29) is 22.2 Å². The summed E-state index contributed by atoms with van der Waals surface area (Å²) in [5.41, 5.74) is 1.33. The number of phenols is 1. The van der Waals surface area contributed by atoms with E-state index < -0.39 is 5.82 Å². The number of aromatic hydroxyl groups is 1. The van der Waals surface area contributed by atoms with Gasteiger partial charge in [0.05, 0.1) is 23.1 Å². The zero-order valence-electron chi connectivity index (χ0n) is 9.80. The highest BCUT2D eigenvalue weighted by molar-refractivity contribution is 6.32. The number of halogens is 2. The molecule has 0 bridgehead atoms. The molecule has 0 saturated heterocycles. The van der Waals surface area contributed by atoms with Crippen LogP contribution in [0.1, 0.15) is 0 Å². The maximum absolute atomic E-state index is 13.8. The van der Waals surface area contributed by atoms with Crippen molar-refractivity contribution >= 4 is 22.8 Å². The Kier molecular flexibility index (Phi) is 2.60. The molecule has 0 fully saturated rings. The number of nitrogens with zero attached hydrogens (tertiary/aromatic N) is 4. The molecule has 3 aromatic rings. The Morgan fingerprint density at radius 3 is 2.89 bits per heavy atom. The number of hydrogen-bond donors (Lipinski definition) is 1. The van der Waals surface area contributed by atoms with Crippen molar-refractivity contribution in [2.24, 2.45) is 7.05 Å². The van der Waals surface area contributed by atoms with E-state index in [0.717, 1.165) is 11.6 Å². The van der Waals surface area contributed by atoms with E-state index in [2.05, 4.69) is 15.0 Å². The second-order valence-corrected chi connectivity index (χ2v) is 4.45. The number of aryl methyl sites for hydroxylation is 1. The van der Waals surface area contributed by atoms with E-state index in [9.17, 15) is 9.50 Å². The number of hydrogen-bond acceptors (Lipinski definition) is 4. The standard InChI is InChI=1S/C12H8ClFN4O/c1-18-5-16-12-9(18)4-15-11(17-12)6-2-7(13)10(19)3-8(6)14/h2-5,19H,1H3. The number of imidazole rings is 1. The molecule has 0 atom stereocenters. The molecule has 19 heavy (non-hydrogen) atoms. The maximum Gasteiger partial charge on any atom is 0.181 e. The summed E-state index contributed by atoms with van der Waals surface area (Å²) in [5, 5.41) is 9.36. The minimum absolute atomic E-state index is 0.0427. The largest absolute Gasteiger partial charge is 0.506 e. The van der Waals surface area contributed by atoms with Gasteiger partial charge in [-0.25, -0.2) is 19.3 Å². The van der Waals surface area contributed by atoms with Crippen LogP contribution in [0.3, 0.4) is 0 Å². The summed E-state index contributed by atoms with van der Waals surface area (Å²) < 4.78 is 15.6. The Balaban J connectivity index is 2.21. The van der Waals surface area contributed by atoms with Gasteiger partial charge in [-0.3, -0.25) is 0 Å². The van der Waals surface area contributed by atoms with Crippen LogP contribution in [-0.2, 0) is 7.05 Å². The van der Waals surface area contributed by atoms with E-state index in [1.807, 2.05) is 7.05 Å². The number of rotatable bonds is 1. The predicted octanol–water partition coefficient (Wildman–Crippen LogP) is 2.53. The average Bonchev–Trinajstić information content (AvgIpc) is 2.75. The monoisotopic (exact) mass is 278 g/mol. The van der Waals surface area contributed by atoms with Crippen LogP contribution in [-0.4, -0.2) is 24.6 Å². The molecule has 0 radical (unpaired) electrons. The lowest BCUT2D eigenvalue weighted by Crippen LogP contribution is -1.94. The molecule has 0 aliphatic carbocycles.